The molecule has 1 aliphatic rings. The van der Waals surface area contributed by atoms with Crippen LogP contribution in [0.15, 0.2) is 45.9 Å². The van der Waals surface area contributed by atoms with Crippen LogP contribution in [-0.2, 0) is 21.4 Å². The molecular weight excluding hydrogens is 442 g/mol. The molecule has 0 bridgehead atoms. The molecule has 0 aliphatic carbocycles. The summed E-state index contributed by atoms with van der Waals surface area (Å²) >= 11 is 0. The third-order valence-electron chi connectivity index (χ3n) is 6.10. The van der Waals surface area contributed by atoms with Crippen molar-refractivity contribution in [3.63, 3.8) is 0 Å². The van der Waals surface area contributed by atoms with Gasteiger partial charge in [0.15, 0.2) is 5.76 Å². The standard InChI is InChI=1S/C23H29N5O4S/c1-16-9-13-27(14-10-16)33(30,31)23-17(2)26-28(18(23)3)15-11-22(29)25-20-6-4-19(5-7-20)21-8-12-24-32-21/h4-8,12,16H,9-11,13-15H2,1-3H3,(H,25,29). The van der Waals surface area contributed by atoms with Crippen LogP contribution in [0.3, 0.4) is 0 Å². The Labute approximate surface area is 193 Å². The van der Waals surface area contributed by atoms with E-state index in [1.807, 2.05) is 12.1 Å². The molecule has 2 aromatic heterocycles. The van der Waals surface area contributed by atoms with Gasteiger partial charge in [0.25, 0.3) is 0 Å². The average molecular weight is 472 g/mol. The van der Waals surface area contributed by atoms with Crippen molar-refractivity contribution < 1.29 is 17.7 Å². The Morgan fingerprint density at radius 3 is 2.48 bits per heavy atom. The summed E-state index contributed by atoms with van der Waals surface area (Å²) in [4.78, 5) is 12.7. The molecule has 176 valence electrons. The van der Waals surface area contributed by atoms with Crippen LogP contribution >= 0.6 is 0 Å². The molecule has 3 heterocycles. The summed E-state index contributed by atoms with van der Waals surface area (Å²) < 4.78 is 34.7. The van der Waals surface area contributed by atoms with Gasteiger partial charge in [-0.1, -0.05) is 12.1 Å². The fraction of sp³-hybridized carbons (Fsp3) is 0.435. The van der Waals surface area contributed by atoms with Gasteiger partial charge in [-0.15, -0.1) is 0 Å². The number of piperidine rings is 1. The Hall–Kier alpha value is -2.98. The number of amides is 1. The molecule has 0 radical (unpaired) electrons. The summed E-state index contributed by atoms with van der Waals surface area (Å²) in [6.07, 6.45) is 3.48. The highest BCUT2D eigenvalue weighted by Crippen LogP contribution is 2.28. The van der Waals surface area contributed by atoms with Crippen molar-refractivity contribution in [1.29, 1.82) is 0 Å². The second kappa shape index (κ2) is 9.48. The molecule has 1 saturated heterocycles. The van der Waals surface area contributed by atoms with Crippen LogP contribution in [-0.4, -0.2) is 46.7 Å². The number of aromatic nitrogens is 3. The fourth-order valence-corrected chi connectivity index (χ4v) is 5.98. The molecule has 4 rings (SSSR count). The van der Waals surface area contributed by atoms with E-state index in [4.69, 9.17) is 4.52 Å². The van der Waals surface area contributed by atoms with Crippen LogP contribution in [0.1, 0.15) is 37.6 Å². The maximum atomic E-state index is 13.2. The van der Waals surface area contributed by atoms with E-state index in [-0.39, 0.29) is 17.2 Å². The Morgan fingerprint density at radius 2 is 1.85 bits per heavy atom. The first kappa shape index (κ1) is 23.2. The van der Waals surface area contributed by atoms with Gasteiger partial charge < -0.3 is 9.84 Å². The lowest BCUT2D eigenvalue weighted by Gasteiger charge is -2.29. The van der Waals surface area contributed by atoms with Crippen LogP contribution < -0.4 is 5.32 Å². The minimum absolute atomic E-state index is 0.173. The predicted octanol–water partition coefficient (Wildman–Crippen LogP) is 3.60. The second-order valence-corrected chi connectivity index (χ2v) is 10.4. The summed E-state index contributed by atoms with van der Waals surface area (Å²) in [5, 5.41) is 11.0. The van der Waals surface area contributed by atoms with Crippen molar-refractivity contribution in [2.75, 3.05) is 18.4 Å². The van der Waals surface area contributed by atoms with Gasteiger partial charge in [-0.05, 0) is 56.9 Å². The average Bonchev–Trinajstić information content (AvgIpc) is 3.41. The maximum Gasteiger partial charge on any atom is 0.246 e. The highest BCUT2D eigenvalue weighted by atomic mass is 32.2. The molecule has 1 N–H and O–H groups in total. The maximum absolute atomic E-state index is 13.2. The van der Waals surface area contributed by atoms with Crippen LogP contribution in [0, 0.1) is 19.8 Å². The van der Waals surface area contributed by atoms with Crippen LogP contribution in [0.4, 0.5) is 5.69 Å². The summed E-state index contributed by atoms with van der Waals surface area (Å²) in [5.74, 6) is 1.02. The van der Waals surface area contributed by atoms with Gasteiger partial charge in [-0.2, -0.15) is 9.40 Å². The summed E-state index contributed by atoms with van der Waals surface area (Å²) in [5.41, 5.74) is 2.56. The van der Waals surface area contributed by atoms with Crippen molar-refractivity contribution in [2.24, 2.45) is 5.92 Å². The zero-order valence-corrected chi connectivity index (χ0v) is 19.9. The van der Waals surface area contributed by atoms with Gasteiger partial charge in [-0.25, -0.2) is 8.42 Å². The van der Waals surface area contributed by atoms with E-state index in [1.165, 1.54) is 0 Å². The Balaban J connectivity index is 1.39. The Kier molecular flexibility index (Phi) is 6.66. The summed E-state index contributed by atoms with van der Waals surface area (Å²) in [6.45, 7) is 6.96. The van der Waals surface area contributed by atoms with Gasteiger partial charge in [-0.3, -0.25) is 9.48 Å². The SMILES string of the molecule is Cc1nn(CCC(=O)Nc2ccc(-c3ccno3)cc2)c(C)c1S(=O)(=O)N1CCC(C)CC1. The molecule has 0 spiro atoms. The van der Waals surface area contributed by atoms with Crippen molar-refractivity contribution in [1.82, 2.24) is 19.2 Å². The Bertz CT molecular complexity index is 1210. The van der Waals surface area contributed by atoms with Crippen molar-refractivity contribution >= 4 is 21.6 Å². The van der Waals surface area contributed by atoms with Gasteiger partial charge in [0.2, 0.25) is 15.9 Å². The number of hydrogen-bond donors (Lipinski definition) is 1. The number of rotatable bonds is 7. The molecule has 3 aromatic rings. The molecule has 1 fully saturated rings. The molecule has 1 aliphatic heterocycles. The first-order valence-electron chi connectivity index (χ1n) is 11.1. The number of hydrogen-bond acceptors (Lipinski definition) is 6. The van der Waals surface area contributed by atoms with Crippen molar-refractivity contribution in [2.45, 2.75) is 51.5 Å². The molecular formula is C23H29N5O4S. The van der Waals surface area contributed by atoms with Crippen molar-refractivity contribution in [3.8, 4) is 11.3 Å². The number of benzene rings is 1. The number of nitrogens with one attached hydrogen (secondary N) is 1. The molecule has 0 atom stereocenters. The number of sulfonamides is 1. The molecule has 10 heteroatoms. The molecule has 1 aromatic carbocycles. The highest BCUT2D eigenvalue weighted by Gasteiger charge is 2.33. The fourth-order valence-electron chi connectivity index (χ4n) is 4.14. The van der Waals surface area contributed by atoms with Crippen molar-refractivity contribution in [3.05, 3.63) is 47.9 Å². The molecule has 0 unspecified atom stereocenters. The summed E-state index contributed by atoms with van der Waals surface area (Å²) in [7, 11) is -3.60. The lowest BCUT2D eigenvalue weighted by Crippen LogP contribution is -2.38. The van der Waals surface area contributed by atoms with Gasteiger partial charge in [0.05, 0.1) is 24.1 Å². The number of nitrogens with zero attached hydrogens (tertiary/aromatic N) is 4. The Morgan fingerprint density at radius 1 is 1.15 bits per heavy atom. The quantitative estimate of drug-likeness (QED) is 0.564. The van der Waals surface area contributed by atoms with Gasteiger partial charge in [0.1, 0.15) is 4.90 Å². The molecule has 33 heavy (non-hydrogen) atoms. The van der Waals surface area contributed by atoms with E-state index < -0.39 is 10.0 Å². The lowest BCUT2D eigenvalue weighted by atomic mass is 10.0. The van der Waals surface area contributed by atoms with E-state index in [0.29, 0.717) is 48.4 Å². The summed E-state index contributed by atoms with van der Waals surface area (Å²) in [6, 6.07) is 9.04. The normalized spacial score (nSPS) is 15.6. The highest BCUT2D eigenvalue weighted by molar-refractivity contribution is 7.89. The molecule has 1 amide bonds. The second-order valence-electron chi connectivity index (χ2n) is 8.56. The monoisotopic (exact) mass is 471 g/mol. The first-order valence-corrected chi connectivity index (χ1v) is 12.5. The van der Waals surface area contributed by atoms with Gasteiger partial charge in [0, 0.05) is 36.8 Å². The van der Waals surface area contributed by atoms with Crippen LogP contribution in [0.2, 0.25) is 0 Å². The largest absolute Gasteiger partial charge is 0.356 e. The number of carbonyl (C=O) groups excluding carboxylic acids is 1. The lowest BCUT2D eigenvalue weighted by molar-refractivity contribution is -0.116. The predicted molar refractivity (Wildman–Crippen MR) is 124 cm³/mol. The van der Waals surface area contributed by atoms with Crippen LogP contribution in [0.25, 0.3) is 11.3 Å². The number of carbonyl (C=O) groups is 1. The molecule has 0 saturated carbocycles. The first-order chi connectivity index (χ1) is 15.8. The topological polar surface area (TPSA) is 110 Å². The van der Waals surface area contributed by atoms with E-state index in [1.54, 1.807) is 47.2 Å². The third-order valence-corrected chi connectivity index (χ3v) is 8.25. The van der Waals surface area contributed by atoms with Gasteiger partial charge >= 0.3 is 0 Å². The molecule has 9 nitrogen and oxygen atoms in total. The van der Waals surface area contributed by atoms with E-state index in [9.17, 15) is 13.2 Å². The minimum Gasteiger partial charge on any atom is -0.356 e. The number of aryl methyl sites for hydroxylation is 2. The van der Waals surface area contributed by atoms with E-state index >= 15 is 0 Å². The van der Waals surface area contributed by atoms with Crippen LogP contribution in [0.5, 0.6) is 0 Å². The van der Waals surface area contributed by atoms with E-state index in [0.717, 1.165) is 18.4 Å². The number of anilines is 1. The third kappa shape index (κ3) is 5.01. The zero-order valence-electron chi connectivity index (χ0n) is 19.1. The zero-order chi connectivity index (χ0) is 23.6. The van der Waals surface area contributed by atoms with E-state index in [2.05, 4.69) is 22.5 Å². The smallest absolute Gasteiger partial charge is 0.246 e. The minimum atomic E-state index is -3.60.